The molecule has 0 radical (unpaired) electrons. The predicted octanol–water partition coefficient (Wildman–Crippen LogP) is 0.182. The molecule has 1 saturated heterocycles. The molecule has 0 unspecified atom stereocenters. The number of morpholine rings is 1. The second-order valence-corrected chi connectivity index (χ2v) is 3.68. The summed E-state index contributed by atoms with van der Waals surface area (Å²) < 4.78 is 5.26. The topological polar surface area (TPSA) is 49.8 Å². The molecule has 1 rings (SSSR count). The number of hydrogen-bond acceptors (Lipinski definition) is 3. The first-order valence-corrected chi connectivity index (χ1v) is 4.07. The Morgan fingerprint density at radius 1 is 1.67 bits per heavy atom. The maximum absolute atomic E-state index is 10.5. The fraction of sp³-hybridized carbons (Fsp3) is 0.875. The third-order valence-electron chi connectivity index (χ3n) is 2.14. The van der Waals surface area contributed by atoms with E-state index in [1.54, 1.807) is 0 Å². The molecule has 0 bridgehead atoms. The summed E-state index contributed by atoms with van der Waals surface area (Å²) >= 11 is 0. The summed E-state index contributed by atoms with van der Waals surface area (Å²) in [4.78, 5) is 12.4. The third kappa shape index (κ3) is 2.19. The quantitative estimate of drug-likeness (QED) is 0.647. The molecule has 1 aliphatic heterocycles. The molecule has 1 fully saturated rings. The van der Waals surface area contributed by atoms with Crippen LogP contribution in [0.15, 0.2) is 0 Å². The van der Waals surface area contributed by atoms with E-state index in [4.69, 9.17) is 9.84 Å². The summed E-state index contributed by atoms with van der Waals surface area (Å²) in [6, 6.07) is 0. The van der Waals surface area contributed by atoms with E-state index in [0.717, 1.165) is 0 Å². The SMILES string of the molecule is CC1(C)COCCN1CC(=O)O. The van der Waals surface area contributed by atoms with E-state index in [1.165, 1.54) is 0 Å². The van der Waals surface area contributed by atoms with Gasteiger partial charge in [0.05, 0.1) is 19.8 Å². The van der Waals surface area contributed by atoms with Gasteiger partial charge in [-0.15, -0.1) is 0 Å². The highest BCUT2D eigenvalue weighted by atomic mass is 16.5. The fourth-order valence-corrected chi connectivity index (χ4v) is 1.35. The average Bonchev–Trinajstić information content (AvgIpc) is 1.92. The van der Waals surface area contributed by atoms with Crippen molar-refractivity contribution in [3.63, 3.8) is 0 Å². The van der Waals surface area contributed by atoms with E-state index in [2.05, 4.69) is 0 Å². The fourth-order valence-electron chi connectivity index (χ4n) is 1.35. The van der Waals surface area contributed by atoms with Crippen molar-refractivity contribution in [2.45, 2.75) is 19.4 Å². The Bertz CT molecular complexity index is 179. The normalized spacial score (nSPS) is 23.8. The van der Waals surface area contributed by atoms with Crippen molar-refractivity contribution >= 4 is 5.97 Å². The van der Waals surface area contributed by atoms with Gasteiger partial charge >= 0.3 is 5.97 Å². The van der Waals surface area contributed by atoms with Crippen LogP contribution in [0.4, 0.5) is 0 Å². The van der Waals surface area contributed by atoms with E-state index >= 15 is 0 Å². The molecule has 4 nitrogen and oxygen atoms in total. The highest BCUT2D eigenvalue weighted by molar-refractivity contribution is 5.69. The van der Waals surface area contributed by atoms with Crippen LogP contribution in [0.2, 0.25) is 0 Å². The van der Waals surface area contributed by atoms with Gasteiger partial charge in [-0.3, -0.25) is 9.69 Å². The number of nitrogens with zero attached hydrogens (tertiary/aromatic N) is 1. The lowest BCUT2D eigenvalue weighted by Crippen LogP contribution is -2.54. The van der Waals surface area contributed by atoms with Crippen LogP contribution in [-0.4, -0.2) is 47.8 Å². The molecule has 0 atom stereocenters. The zero-order valence-corrected chi connectivity index (χ0v) is 7.54. The number of carboxylic acid groups (broad SMARTS) is 1. The predicted molar refractivity (Wildman–Crippen MR) is 44.1 cm³/mol. The maximum Gasteiger partial charge on any atom is 0.317 e. The van der Waals surface area contributed by atoms with Crippen LogP contribution in [0.3, 0.4) is 0 Å². The van der Waals surface area contributed by atoms with Crippen LogP contribution < -0.4 is 0 Å². The van der Waals surface area contributed by atoms with Crippen molar-refractivity contribution in [1.29, 1.82) is 0 Å². The van der Waals surface area contributed by atoms with Crippen LogP contribution >= 0.6 is 0 Å². The Morgan fingerprint density at radius 2 is 2.33 bits per heavy atom. The monoisotopic (exact) mass is 173 g/mol. The molecule has 0 amide bonds. The van der Waals surface area contributed by atoms with Crippen LogP contribution in [0.25, 0.3) is 0 Å². The second-order valence-electron chi connectivity index (χ2n) is 3.68. The zero-order valence-electron chi connectivity index (χ0n) is 7.54. The van der Waals surface area contributed by atoms with E-state index < -0.39 is 5.97 Å². The number of carboxylic acids is 1. The summed E-state index contributed by atoms with van der Waals surface area (Å²) in [6.07, 6.45) is 0. The van der Waals surface area contributed by atoms with E-state index in [1.807, 2.05) is 18.7 Å². The number of carbonyl (C=O) groups is 1. The Balaban J connectivity index is 2.54. The van der Waals surface area contributed by atoms with Crippen molar-refractivity contribution in [3.8, 4) is 0 Å². The van der Waals surface area contributed by atoms with Gasteiger partial charge in [0.25, 0.3) is 0 Å². The molecule has 12 heavy (non-hydrogen) atoms. The van der Waals surface area contributed by atoms with Crippen LogP contribution in [0.1, 0.15) is 13.8 Å². The van der Waals surface area contributed by atoms with Gasteiger partial charge in [-0.1, -0.05) is 0 Å². The lowest BCUT2D eigenvalue weighted by atomic mass is 10.0. The van der Waals surface area contributed by atoms with Crippen molar-refractivity contribution in [1.82, 2.24) is 4.90 Å². The van der Waals surface area contributed by atoms with Crippen molar-refractivity contribution in [2.24, 2.45) is 0 Å². The van der Waals surface area contributed by atoms with E-state index in [9.17, 15) is 4.79 Å². The minimum absolute atomic E-state index is 0.107. The molecule has 0 aromatic carbocycles. The number of aliphatic carboxylic acids is 1. The maximum atomic E-state index is 10.5. The summed E-state index contributed by atoms with van der Waals surface area (Å²) in [5, 5.41) is 8.62. The zero-order chi connectivity index (χ0) is 9.19. The average molecular weight is 173 g/mol. The summed E-state index contributed by atoms with van der Waals surface area (Å²) in [5.41, 5.74) is -0.142. The first kappa shape index (κ1) is 9.48. The molecule has 1 heterocycles. The van der Waals surface area contributed by atoms with Crippen LogP contribution in [0.5, 0.6) is 0 Å². The molecule has 0 aliphatic carbocycles. The summed E-state index contributed by atoms with van der Waals surface area (Å²) in [6.45, 7) is 6.05. The molecule has 70 valence electrons. The minimum atomic E-state index is -0.773. The number of hydrogen-bond donors (Lipinski definition) is 1. The van der Waals surface area contributed by atoms with E-state index in [-0.39, 0.29) is 12.1 Å². The molecule has 1 N–H and O–H groups in total. The Morgan fingerprint density at radius 3 is 2.83 bits per heavy atom. The van der Waals surface area contributed by atoms with Crippen LogP contribution in [-0.2, 0) is 9.53 Å². The lowest BCUT2D eigenvalue weighted by Gasteiger charge is -2.41. The molecule has 0 aromatic heterocycles. The molecular formula is C8H15NO3. The van der Waals surface area contributed by atoms with Gasteiger partial charge in [-0.05, 0) is 13.8 Å². The Hall–Kier alpha value is -0.610. The molecule has 4 heteroatoms. The first-order valence-electron chi connectivity index (χ1n) is 4.07. The molecule has 0 spiro atoms. The molecular weight excluding hydrogens is 158 g/mol. The van der Waals surface area contributed by atoms with Gasteiger partial charge in [0, 0.05) is 12.1 Å². The number of ether oxygens (including phenoxy) is 1. The van der Waals surface area contributed by atoms with Gasteiger partial charge in [0.1, 0.15) is 0 Å². The molecule has 0 saturated carbocycles. The third-order valence-corrected chi connectivity index (χ3v) is 2.14. The van der Waals surface area contributed by atoms with Crippen LogP contribution in [0, 0.1) is 0 Å². The van der Waals surface area contributed by atoms with Gasteiger partial charge in [-0.25, -0.2) is 0 Å². The Kier molecular flexibility index (Phi) is 2.69. The second kappa shape index (κ2) is 3.41. The lowest BCUT2D eigenvalue weighted by molar-refractivity contribution is -0.143. The van der Waals surface area contributed by atoms with Gasteiger partial charge in [0.15, 0.2) is 0 Å². The Labute approximate surface area is 72.1 Å². The standard InChI is InChI=1S/C8H15NO3/c1-8(2)6-12-4-3-9(8)5-7(10)11/h3-6H2,1-2H3,(H,10,11). The first-order chi connectivity index (χ1) is 5.52. The largest absolute Gasteiger partial charge is 0.480 e. The van der Waals surface area contributed by atoms with E-state index in [0.29, 0.717) is 19.8 Å². The summed E-state index contributed by atoms with van der Waals surface area (Å²) in [5.74, 6) is -0.773. The molecule has 1 aliphatic rings. The van der Waals surface area contributed by atoms with Gasteiger partial charge in [0.2, 0.25) is 0 Å². The van der Waals surface area contributed by atoms with Gasteiger partial charge in [-0.2, -0.15) is 0 Å². The summed E-state index contributed by atoms with van der Waals surface area (Å²) in [7, 11) is 0. The van der Waals surface area contributed by atoms with Crippen molar-refractivity contribution in [3.05, 3.63) is 0 Å². The molecule has 0 aromatic rings. The van der Waals surface area contributed by atoms with Gasteiger partial charge < -0.3 is 9.84 Å². The number of rotatable bonds is 2. The minimum Gasteiger partial charge on any atom is -0.480 e. The smallest absolute Gasteiger partial charge is 0.317 e. The highest BCUT2D eigenvalue weighted by Gasteiger charge is 2.31. The highest BCUT2D eigenvalue weighted by Crippen LogP contribution is 2.17. The van der Waals surface area contributed by atoms with Crippen molar-refractivity contribution < 1.29 is 14.6 Å². The van der Waals surface area contributed by atoms with Crippen molar-refractivity contribution in [2.75, 3.05) is 26.3 Å².